The van der Waals surface area contributed by atoms with Gasteiger partial charge in [0, 0.05) is 32.2 Å². The van der Waals surface area contributed by atoms with Gasteiger partial charge in [0.25, 0.3) is 0 Å². The number of rotatable bonds is 2. The summed E-state index contributed by atoms with van der Waals surface area (Å²) in [7, 11) is 0. The Labute approximate surface area is 135 Å². The second-order valence-electron chi connectivity index (χ2n) is 6.06. The lowest BCUT2D eigenvalue weighted by Crippen LogP contribution is -2.55. The first-order valence-corrected chi connectivity index (χ1v) is 7.36. The topological polar surface area (TPSA) is 49.6 Å². The average Bonchev–Trinajstić information content (AvgIpc) is 2.39. The van der Waals surface area contributed by atoms with E-state index in [0.29, 0.717) is 0 Å². The van der Waals surface area contributed by atoms with E-state index in [1.165, 1.54) is 25.7 Å². The molecule has 2 N–H and O–H groups in total. The summed E-state index contributed by atoms with van der Waals surface area (Å²) in [5, 5.41) is 0. The minimum absolute atomic E-state index is 0. The molecular formula is C14H29Cl2N3O. The lowest BCUT2D eigenvalue weighted by molar-refractivity contribution is -0.134. The lowest BCUT2D eigenvalue weighted by atomic mass is 9.86. The number of carbonyl (C=O) groups is 1. The molecule has 0 unspecified atom stereocenters. The minimum atomic E-state index is -0.355. The number of halogens is 2. The molecule has 6 heteroatoms. The molecule has 120 valence electrons. The SMILES string of the molecule is CC1CCC(N2CCN(C(=O)[C@@H](C)N)CC2)CC1.Cl.Cl. The molecule has 20 heavy (non-hydrogen) atoms. The summed E-state index contributed by atoms with van der Waals surface area (Å²) in [4.78, 5) is 16.3. The molecule has 0 aromatic heterocycles. The highest BCUT2D eigenvalue weighted by Crippen LogP contribution is 2.27. The normalized spacial score (nSPS) is 29.1. The first-order valence-electron chi connectivity index (χ1n) is 7.36. The van der Waals surface area contributed by atoms with E-state index in [1.54, 1.807) is 6.92 Å². The maximum Gasteiger partial charge on any atom is 0.239 e. The number of hydrogen-bond acceptors (Lipinski definition) is 3. The minimum Gasteiger partial charge on any atom is -0.339 e. The molecule has 0 spiro atoms. The standard InChI is InChI=1S/C14H27N3O.2ClH/c1-11-3-5-13(6-4-11)16-7-9-17(10-8-16)14(18)12(2)15;;/h11-13H,3-10,15H2,1-2H3;2*1H/t11?,12-,13?;;/m1../s1. The molecular weight excluding hydrogens is 297 g/mol. The van der Waals surface area contributed by atoms with E-state index in [1.807, 2.05) is 4.90 Å². The van der Waals surface area contributed by atoms with Crippen LogP contribution in [0.25, 0.3) is 0 Å². The van der Waals surface area contributed by atoms with Crippen molar-refractivity contribution >= 4 is 30.7 Å². The first kappa shape index (κ1) is 20.0. The molecule has 0 aromatic carbocycles. The highest BCUT2D eigenvalue weighted by atomic mass is 35.5. The Bertz CT molecular complexity index is 286. The third-order valence-corrected chi connectivity index (χ3v) is 4.52. The number of nitrogens with two attached hydrogens (primary N) is 1. The first-order chi connectivity index (χ1) is 8.58. The Morgan fingerprint density at radius 2 is 1.55 bits per heavy atom. The highest BCUT2D eigenvalue weighted by Gasteiger charge is 2.29. The number of hydrogen-bond donors (Lipinski definition) is 1. The van der Waals surface area contributed by atoms with Crippen LogP contribution in [0.5, 0.6) is 0 Å². The summed E-state index contributed by atoms with van der Waals surface area (Å²) in [6, 6.07) is 0.404. The van der Waals surface area contributed by atoms with E-state index in [2.05, 4.69) is 11.8 Å². The fraction of sp³-hybridized carbons (Fsp3) is 0.929. The van der Waals surface area contributed by atoms with Crippen LogP contribution in [0.4, 0.5) is 0 Å². The largest absolute Gasteiger partial charge is 0.339 e. The number of carbonyl (C=O) groups excluding carboxylic acids is 1. The fourth-order valence-electron chi connectivity index (χ4n) is 3.20. The van der Waals surface area contributed by atoms with Gasteiger partial charge in [-0.15, -0.1) is 24.8 Å². The van der Waals surface area contributed by atoms with Crippen LogP contribution in [-0.4, -0.2) is 54.0 Å². The summed E-state index contributed by atoms with van der Waals surface area (Å²) in [5.41, 5.74) is 5.65. The van der Waals surface area contributed by atoms with Gasteiger partial charge in [-0.2, -0.15) is 0 Å². The molecule has 1 saturated carbocycles. The Hall–Kier alpha value is -0.0300. The van der Waals surface area contributed by atoms with Gasteiger partial charge in [-0.3, -0.25) is 9.69 Å². The van der Waals surface area contributed by atoms with Crippen molar-refractivity contribution in [3.05, 3.63) is 0 Å². The molecule has 1 saturated heterocycles. The van der Waals surface area contributed by atoms with Gasteiger partial charge in [0.1, 0.15) is 0 Å². The van der Waals surface area contributed by atoms with Crippen LogP contribution in [0.3, 0.4) is 0 Å². The molecule has 2 fully saturated rings. The maximum absolute atomic E-state index is 11.8. The molecule has 0 bridgehead atoms. The van der Waals surface area contributed by atoms with Crippen molar-refractivity contribution in [1.82, 2.24) is 9.80 Å². The third-order valence-electron chi connectivity index (χ3n) is 4.52. The van der Waals surface area contributed by atoms with Gasteiger partial charge in [-0.05, 0) is 38.5 Å². The maximum atomic E-state index is 11.8. The van der Waals surface area contributed by atoms with Crippen LogP contribution < -0.4 is 5.73 Å². The zero-order valence-corrected chi connectivity index (χ0v) is 14.2. The fourth-order valence-corrected chi connectivity index (χ4v) is 3.20. The van der Waals surface area contributed by atoms with Crippen molar-refractivity contribution in [2.45, 2.75) is 51.6 Å². The summed E-state index contributed by atoms with van der Waals surface area (Å²) >= 11 is 0. The van der Waals surface area contributed by atoms with Crippen molar-refractivity contribution in [2.75, 3.05) is 26.2 Å². The van der Waals surface area contributed by atoms with Crippen LogP contribution in [0.1, 0.15) is 39.5 Å². The van der Waals surface area contributed by atoms with Gasteiger partial charge in [0.05, 0.1) is 6.04 Å². The van der Waals surface area contributed by atoms with Crippen molar-refractivity contribution in [2.24, 2.45) is 11.7 Å². The number of amides is 1. The van der Waals surface area contributed by atoms with Crippen LogP contribution in [0.15, 0.2) is 0 Å². The van der Waals surface area contributed by atoms with Crippen LogP contribution in [-0.2, 0) is 4.79 Å². The van der Waals surface area contributed by atoms with Crippen molar-refractivity contribution in [3.63, 3.8) is 0 Å². The zero-order chi connectivity index (χ0) is 13.1. The third kappa shape index (κ3) is 5.06. The van der Waals surface area contributed by atoms with Gasteiger partial charge in [-0.25, -0.2) is 0 Å². The van der Waals surface area contributed by atoms with Crippen molar-refractivity contribution in [3.8, 4) is 0 Å². The van der Waals surface area contributed by atoms with Crippen molar-refractivity contribution < 1.29 is 4.79 Å². The van der Waals surface area contributed by atoms with Gasteiger partial charge < -0.3 is 10.6 Å². The monoisotopic (exact) mass is 325 g/mol. The van der Waals surface area contributed by atoms with E-state index >= 15 is 0 Å². The van der Waals surface area contributed by atoms with Crippen molar-refractivity contribution in [1.29, 1.82) is 0 Å². The summed E-state index contributed by atoms with van der Waals surface area (Å²) in [5.74, 6) is 1.01. The second-order valence-corrected chi connectivity index (χ2v) is 6.06. The molecule has 1 atom stereocenters. The van der Waals surface area contributed by atoms with Gasteiger partial charge in [0.15, 0.2) is 0 Å². The molecule has 2 rings (SSSR count). The molecule has 2 aliphatic rings. The van der Waals surface area contributed by atoms with E-state index in [-0.39, 0.29) is 36.8 Å². The smallest absolute Gasteiger partial charge is 0.239 e. The van der Waals surface area contributed by atoms with Gasteiger partial charge in [0.2, 0.25) is 5.91 Å². The van der Waals surface area contributed by atoms with Crippen LogP contribution in [0, 0.1) is 5.92 Å². The van der Waals surface area contributed by atoms with E-state index in [0.717, 1.165) is 38.1 Å². The predicted molar refractivity (Wildman–Crippen MR) is 87.7 cm³/mol. The number of piperazine rings is 1. The molecule has 0 radical (unpaired) electrons. The quantitative estimate of drug-likeness (QED) is 0.843. The summed E-state index contributed by atoms with van der Waals surface area (Å²) < 4.78 is 0. The molecule has 0 aromatic rings. The van der Waals surface area contributed by atoms with Gasteiger partial charge >= 0.3 is 0 Å². The molecule has 1 amide bonds. The Balaban J connectivity index is 0.00000180. The summed E-state index contributed by atoms with van der Waals surface area (Å²) in [6.45, 7) is 7.89. The predicted octanol–water partition coefficient (Wildman–Crippen LogP) is 1.90. The molecule has 4 nitrogen and oxygen atoms in total. The van der Waals surface area contributed by atoms with E-state index in [4.69, 9.17) is 5.73 Å². The number of nitrogens with zero attached hydrogens (tertiary/aromatic N) is 2. The molecule has 1 heterocycles. The second kappa shape index (κ2) is 9.08. The Morgan fingerprint density at radius 3 is 2.00 bits per heavy atom. The van der Waals surface area contributed by atoms with E-state index < -0.39 is 0 Å². The lowest BCUT2D eigenvalue weighted by Gasteiger charge is -2.42. The zero-order valence-electron chi connectivity index (χ0n) is 12.6. The Morgan fingerprint density at radius 1 is 1.05 bits per heavy atom. The van der Waals surface area contributed by atoms with E-state index in [9.17, 15) is 4.79 Å². The Kier molecular flexibility index (Phi) is 9.07. The van der Waals surface area contributed by atoms with Gasteiger partial charge in [-0.1, -0.05) is 6.92 Å². The average molecular weight is 326 g/mol. The molecule has 1 aliphatic heterocycles. The van der Waals surface area contributed by atoms with Crippen LogP contribution in [0.2, 0.25) is 0 Å². The molecule has 1 aliphatic carbocycles. The summed E-state index contributed by atoms with van der Waals surface area (Å²) in [6.07, 6.45) is 5.40. The van der Waals surface area contributed by atoms with Crippen LogP contribution >= 0.6 is 24.8 Å². The highest BCUT2D eigenvalue weighted by molar-refractivity contribution is 5.85.